The van der Waals surface area contributed by atoms with E-state index in [0.717, 1.165) is 18.8 Å². The summed E-state index contributed by atoms with van der Waals surface area (Å²) in [6.07, 6.45) is 9.67. The molecule has 0 saturated carbocycles. The zero-order chi connectivity index (χ0) is 14.5. The molecule has 1 atom stereocenters. The van der Waals surface area contributed by atoms with E-state index in [4.69, 9.17) is 0 Å². The summed E-state index contributed by atoms with van der Waals surface area (Å²) in [6, 6.07) is 0. The minimum Gasteiger partial charge on any atom is -0.469 e. The van der Waals surface area contributed by atoms with Crippen LogP contribution in [0.4, 0.5) is 0 Å². The van der Waals surface area contributed by atoms with E-state index in [2.05, 4.69) is 18.6 Å². The average Bonchev–Trinajstić information content (AvgIpc) is 2.40. The molecule has 0 unspecified atom stereocenters. The van der Waals surface area contributed by atoms with E-state index < -0.39 is 0 Å². The molecule has 0 N–H and O–H groups in total. The standard InChI is InChI=1S/C16H30O3/c1-4-9-14(2)10-7-5-6-8-11-15(17)12-13-16(18)19-3/h14H,4-13H2,1-3H3/t14-/m0/s1. The van der Waals surface area contributed by atoms with Gasteiger partial charge in [0.15, 0.2) is 0 Å². The predicted molar refractivity (Wildman–Crippen MR) is 78.0 cm³/mol. The highest BCUT2D eigenvalue weighted by Gasteiger charge is 2.06. The number of methoxy groups -OCH3 is 1. The van der Waals surface area contributed by atoms with Gasteiger partial charge in [0, 0.05) is 12.8 Å². The second-order valence-corrected chi connectivity index (χ2v) is 5.46. The van der Waals surface area contributed by atoms with Gasteiger partial charge in [-0.1, -0.05) is 52.4 Å². The predicted octanol–water partition coefficient (Wildman–Crippen LogP) is 4.29. The molecule has 0 aromatic heterocycles. The number of rotatable bonds is 12. The Hall–Kier alpha value is -0.860. The molecule has 0 radical (unpaired) electrons. The minimum absolute atomic E-state index is 0.185. The van der Waals surface area contributed by atoms with Gasteiger partial charge >= 0.3 is 5.97 Å². The fourth-order valence-corrected chi connectivity index (χ4v) is 2.27. The topological polar surface area (TPSA) is 43.4 Å². The van der Waals surface area contributed by atoms with Crippen molar-refractivity contribution in [3.8, 4) is 0 Å². The Morgan fingerprint density at radius 2 is 1.63 bits per heavy atom. The SMILES string of the molecule is CCC[C@H](C)CCCCCCC(=O)CCC(=O)OC. The molecule has 0 aromatic rings. The first-order valence-electron chi connectivity index (χ1n) is 7.68. The number of ketones is 1. The van der Waals surface area contributed by atoms with Gasteiger partial charge in [-0.3, -0.25) is 9.59 Å². The van der Waals surface area contributed by atoms with Gasteiger partial charge in [0.2, 0.25) is 0 Å². The Bertz CT molecular complexity index is 248. The van der Waals surface area contributed by atoms with E-state index in [1.807, 2.05) is 0 Å². The summed E-state index contributed by atoms with van der Waals surface area (Å²) in [5.41, 5.74) is 0. The molecule has 0 amide bonds. The van der Waals surface area contributed by atoms with Crippen LogP contribution in [0.15, 0.2) is 0 Å². The maximum absolute atomic E-state index is 11.5. The molecule has 19 heavy (non-hydrogen) atoms. The van der Waals surface area contributed by atoms with Crippen LogP contribution in [0.1, 0.15) is 78.1 Å². The quantitative estimate of drug-likeness (QED) is 0.392. The first-order valence-corrected chi connectivity index (χ1v) is 7.68. The van der Waals surface area contributed by atoms with Crippen LogP contribution in [0.5, 0.6) is 0 Å². The van der Waals surface area contributed by atoms with Crippen LogP contribution in [-0.4, -0.2) is 18.9 Å². The molecule has 0 bridgehead atoms. The van der Waals surface area contributed by atoms with Crippen molar-refractivity contribution in [2.75, 3.05) is 7.11 Å². The summed E-state index contributed by atoms with van der Waals surface area (Å²) in [7, 11) is 1.35. The van der Waals surface area contributed by atoms with E-state index in [-0.39, 0.29) is 18.2 Å². The molecule has 0 aliphatic rings. The molecule has 0 heterocycles. The highest BCUT2D eigenvalue weighted by atomic mass is 16.5. The molecular formula is C16H30O3. The summed E-state index contributed by atoms with van der Waals surface area (Å²) >= 11 is 0. The van der Waals surface area contributed by atoms with Crippen LogP contribution in [0.2, 0.25) is 0 Å². The third-order valence-corrected chi connectivity index (χ3v) is 3.52. The van der Waals surface area contributed by atoms with E-state index in [1.54, 1.807) is 0 Å². The van der Waals surface area contributed by atoms with Crippen LogP contribution >= 0.6 is 0 Å². The fourth-order valence-electron chi connectivity index (χ4n) is 2.27. The minimum atomic E-state index is -0.293. The molecule has 0 aliphatic carbocycles. The van der Waals surface area contributed by atoms with Crippen molar-refractivity contribution in [2.24, 2.45) is 5.92 Å². The van der Waals surface area contributed by atoms with Crippen molar-refractivity contribution in [2.45, 2.75) is 78.1 Å². The largest absolute Gasteiger partial charge is 0.469 e. The second kappa shape index (κ2) is 12.2. The van der Waals surface area contributed by atoms with Gasteiger partial charge in [0.1, 0.15) is 5.78 Å². The lowest BCUT2D eigenvalue weighted by Gasteiger charge is -2.09. The lowest BCUT2D eigenvalue weighted by molar-refractivity contribution is -0.141. The van der Waals surface area contributed by atoms with Crippen LogP contribution in [0, 0.1) is 5.92 Å². The summed E-state index contributed by atoms with van der Waals surface area (Å²) in [6.45, 7) is 4.55. The molecule has 0 aromatic carbocycles. The van der Waals surface area contributed by atoms with E-state index in [1.165, 1.54) is 39.2 Å². The average molecular weight is 270 g/mol. The summed E-state index contributed by atoms with van der Waals surface area (Å²) < 4.78 is 4.51. The third kappa shape index (κ3) is 11.9. The molecule has 3 nitrogen and oxygen atoms in total. The van der Waals surface area contributed by atoms with Gasteiger partial charge in [0.25, 0.3) is 0 Å². The summed E-state index contributed by atoms with van der Waals surface area (Å²) in [5.74, 6) is 0.731. The normalized spacial score (nSPS) is 12.2. The van der Waals surface area contributed by atoms with Gasteiger partial charge in [-0.15, -0.1) is 0 Å². The first-order chi connectivity index (χ1) is 9.10. The Morgan fingerprint density at radius 1 is 0.947 bits per heavy atom. The second-order valence-electron chi connectivity index (χ2n) is 5.46. The van der Waals surface area contributed by atoms with Crippen molar-refractivity contribution in [3.05, 3.63) is 0 Å². The van der Waals surface area contributed by atoms with Crippen molar-refractivity contribution in [1.82, 2.24) is 0 Å². The number of hydrogen-bond donors (Lipinski definition) is 0. The van der Waals surface area contributed by atoms with Gasteiger partial charge in [-0.25, -0.2) is 0 Å². The highest BCUT2D eigenvalue weighted by Crippen LogP contribution is 2.15. The van der Waals surface area contributed by atoms with Crippen molar-refractivity contribution in [3.63, 3.8) is 0 Å². The number of carbonyl (C=O) groups excluding carboxylic acids is 2. The van der Waals surface area contributed by atoms with Gasteiger partial charge < -0.3 is 4.74 Å². The molecule has 0 saturated heterocycles. The number of esters is 1. The highest BCUT2D eigenvalue weighted by molar-refractivity contribution is 5.82. The lowest BCUT2D eigenvalue weighted by Crippen LogP contribution is -2.05. The molecular weight excluding hydrogens is 240 g/mol. The Morgan fingerprint density at radius 3 is 2.26 bits per heavy atom. The Balaban J connectivity index is 3.34. The van der Waals surface area contributed by atoms with Crippen LogP contribution in [-0.2, 0) is 14.3 Å². The molecule has 0 aliphatic heterocycles. The number of Topliss-reactive ketones (excluding diaryl/α,β-unsaturated/α-hetero) is 1. The van der Waals surface area contributed by atoms with Crippen LogP contribution in [0.3, 0.4) is 0 Å². The molecule has 0 fully saturated rings. The smallest absolute Gasteiger partial charge is 0.305 e. The van der Waals surface area contributed by atoms with E-state index in [0.29, 0.717) is 12.8 Å². The molecule has 0 spiro atoms. The lowest BCUT2D eigenvalue weighted by atomic mass is 9.98. The summed E-state index contributed by atoms with van der Waals surface area (Å²) in [4.78, 5) is 22.4. The summed E-state index contributed by atoms with van der Waals surface area (Å²) in [5, 5.41) is 0. The number of unbranched alkanes of at least 4 members (excludes halogenated alkanes) is 3. The van der Waals surface area contributed by atoms with Gasteiger partial charge in [0.05, 0.1) is 13.5 Å². The number of carbonyl (C=O) groups is 2. The van der Waals surface area contributed by atoms with E-state index in [9.17, 15) is 9.59 Å². The van der Waals surface area contributed by atoms with Crippen LogP contribution < -0.4 is 0 Å². The Kier molecular flexibility index (Phi) is 11.6. The maximum atomic E-state index is 11.5. The Labute approximate surface area is 118 Å². The fraction of sp³-hybridized carbons (Fsp3) is 0.875. The monoisotopic (exact) mass is 270 g/mol. The molecule has 112 valence electrons. The zero-order valence-corrected chi connectivity index (χ0v) is 12.9. The van der Waals surface area contributed by atoms with Crippen molar-refractivity contribution < 1.29 is 14.3 Å². The van der Waals surface area contributed by atoms with Gasteiger partial charge in [-0.05, 0) is 12.3 Å². The zero-order valence-electron chi connectivity index (χ0n) is 12.9. The van der Waals surface area contributed by atoms with E-state index >= 15 is 0 Å². The van der Waals surface area contributed by atoms with Crippen LogP contribution in [0.25, 0.3) is 0 Å². The van der Waals surface area contributed by atoms with Crippen molar-refractivity contribution >= 4 is 11.8 Å². The third-order valence-electron chi connectivity index (χ3n) is 3.52. The number of ether oxygens (including phenoxy) is 1. The van der Waals surface area contributed by atoms with Gasteiger partial charge in [-0.2, -0.15) is 0 Å². The molecule has 0 rings (SSSR count). The van der Waals surface area contributed by atoms with Crippen molar-refractivity contribution in [1.29, 1.82) is 0 Å². The molecule has 3 heteroatoms. The first kappa shape index (κ1) is 18.1. The maximum Gasteiger partial charge on any atom is 0.305 e. The number of hydrogen-bond acceptors (Lipinski definition) is 3.